The van der Waals surface area contributed by atoms with Gasteiger partial charge in [0.05, 0.1) is 22.5 Å². The van der Waals surface area contributed by atoms with Gasteiger partial charge in [0.1, 0.15) is 5.82 Å². The largest absolute Gasteiger partial charge is 0.397 e. The van der Waals surface area contributed by atoms with Crippen molar-refractivity contribution in [3.8, 4) is 0 Å². The standard InChI is InChI=1S/C11H16BrFN2O/c1-3-16-6-7(2)15-11-5-9(13)8(12)4-10(11)14/h4-5,7,15H,3,6,14H2,1-2H3. The molecule has 1 aromatic carbocycles. The molecule has 0 bridgehead atoms. The summed E-state index contributed by atoms with van der Waals surface area (Å²) in [4.78, 5) is 0. The first-order valence-corrected chi connectivity index (χ1v) is 5.92. The van der Waals surface area contributed by atoms with Gasteiger partial charge in [-0.05, 0) is 35.8 Å². The normalized spacial score (nSPS) is 12.5. The Morgan fingerprint density at radius 2 is 2.25 bits per heavy atom. The molecule has 0 amide bonds. The molecule has 1 atom stereocenters. The SMILES string of the molecule is CCOCC(C)Nc1cc(F)c(Br)cc1N. The van der Waals surface area contributed by atoms with E-state index in [1.807, 2.05) is 13.8 Å². The summed E-state index contributed by atoms with van der Waals surface area (Å²) < 4.78 is 18.9. The monoisotopic (exact) mass is 290 g/mol. The van der Waals surface area contributed by atoms with Crippen LogP contribution in [0.3, 0.4) is 0 Å². The first-order chi connectivity index (χ1) is 7.54. The number of anilines is 2. The second-order valence-electron chi connectivity index (χ2n) is 3.56. The van der Waals surface area contributed by atoms with E-state index in [0.29, 0.717) is 29.1 Å². The van der Waals surface area contributed by atoms with Crippen LogP contribution in [0.4, 0.5) is 15.8 Å². The average Bonchev–Trinajstić information content (AvgIpc) is 2.23. The Hall–Kier alpha value is -0.810. The molecule has 0 aromatic heterocycles. The second kappa shape index (κ2) is 6.06. The average molecular weight is 291 g/mol. The first kappa shape index (κ1) is 13.3. The van der Waals surface area contributed by atoms with E-state index in [1.165, 1.54) is 6.07 Å². The molecule has 16 heavy (non-hydrogen) atoms. The van der Waals surface area contributed by atoms with E-state index >= 15 is 0 Å². The number of hydrogen-bond donors (Lipinski definition) is 2. The minimum atomic E-state index is -0.333. The number of halogens is 2. The van der Waals surface area contributed by atoms with Gasteiger partial charge in [-0.15, -0.1) is 0 Å². The van der Waals surface area contributed by atoms with Crippen molar-refractivity contribution in [1.29, 1.82) is 0 Å². The number of nitrogens with two attached hydrogens (primary N) is 1. The van der Waals surface area contributed by atoms with E-state index in [0.717, 1.165) is 0 Å². The van der Waals surface area contributed by atoms with Crippen molar-refractivity contribution in [2.75, 3.05) is 24.3 Å². The zero-order valence-electron chi connectivity index (χ0n) is 9.39. The van der Waals surface area contributed by atoms with Crippen LogP contribution in [0.5, 0.6) is 0 Å². The Balaban J connectivity index is 2.69. The molecule has 0 aliphatic heterocycles. The van der Waals surface area contributed by atoms with E-state index in [1.54, 1.807) is 6.07 Å². The summed E-state index contributed by atoms with van der Waals surface area (Å²) in [6, 6.07) is 3.01. The molecule has 0 saturated heterocycles. The lowest BCUT2D eigenvalue weighted by atomic mass is 10.2. The highest BCUT2D eigenvalue weighted by Crippen LogP contribution is 2.26. The maximum atomic E-state index is 13.3. The number of nitrogen functional groups attached to an aromatic ring is 1. The minimum absolute atomic E-state index is 0.0859. The zero-order valence-corrected chi connectivity index (χ0v) is 11.0. The van der Waals surface area contributed by atoms with Gasteiger partial charge in [0.2, 0.25) is 0 Å². The number of nitrogens with one attached hydrogen (secondary N) is 1. The minimum Gasteiger partial charge on any atom is -0.397 e. The summed E-state index contributed by atoms with van der Waals surface area (Å²) in [7, 11) is 0. The fourth-order valence-corrected chi connectivity index (χ4v) is 1.65. The van der Waals surface area contributed by atoms with Crippen LogP contribution in [-0.2, 0) is 4.74 Å². The van der Waals surface area contributed by atoms with Gasteiger partial charge >= 0.3 is 0 Å². The van der Waals surface area contributed by atoms with Gasteiger partial charge < -0.3 is 15.8 Å². The Morgan fingerprint density at radius 1 is 1.56 bits per heavy atom. The van der Waals surface area contributed by atoms with Gasteiger partial charge in [-0.1, -0.05) is 0 Å². The maximum Gasteiger partial charge on any atom is 0.139 e. The predicted octanol–water partition coefficient (Wildman–Crippen LogP) is 3.01. The highest BCUT2D eigenvalue weighted by Gasteiger charge is 2.08. The van der Waals surface area contributed by atoms with Gasteiger partial charge in [0.15, 0.2) is 0 Å². The second-order valence-corrected chi connectivity index (χ2v) is 4.41. The van der Waals surface area contributed by atoms with Crippen molar-refractivity contribution in [2.24, 2.45) is 0 Å². The van der Waals surface area contributed by atoms with Crippen LogP contribution in [0.1, 0.15) is 13.8 Å². The summed E-state index contributed by atoms with van der Waals surface area (Å²) in [6.07, 6.45) is 0. The fourth-order valence-electron chi connectivity index (χ4n) is 1.29. The lowest BCUT2D eigenvalue weighted by molar-refractivity contribution is 0.141. The van der Waals surface area contributed by atoms with Crippen LogP contribution >= 0.6 is 15.9 Å². The van der Waals surface area contributed by atoms with Crippen molar-refractivity contribution in [3.63, 3.8) is 0 Å². The van der Waals surface area contributed by atoms with Crippen molar-refractivity contribution in [3.05, 3.63) is 22.4 Å². The van der Waals surface area contributed by atoms with Gasteiger partial charge in [0.25, 0.3) is 0 Å². The molecule has 0 aliphatic rings. The van der Waals surface area contributed by atoms with Crippen molar-refractivity contribution < 1.29 is 9.13 Å². The molecule has 0 fully saturated rings. The van der Waals surface area contributed by atoms with Crippen LogP contribution in [0.2, 0.25) is 0 Å². The highest BCUT2D eigenvalue weighted by molar-refractivity contribution is 9.10. The lowest BCUT2D eigenvalue weighted by Crippen LogP contribution is -2.22. The quantitative estimate of drug-likeness (QED) is 0.820. The molecule has 1 rings (SSSR count). The molecular formula is C11H16BrFN2O. The fraction of sp³-hybridized carbons (Fsp3) is 0.455. The van der Waals surface area contributed by atoms with Crippen LogP contribution in [0, 0.1) is 5.82 Å². The zero-order chi connectivity index (χ0) is 12.1. The molecule has 90 valence electrons. The van der Waals surface area contributed by atoms with Crippen molar-refractivity contribution in [1.82, 2.24) is 0 Å². The number of hydrogen-bond acceptors (Lipinski definition) is 3. The molecule has 0 radical (unpaired) electrons. The molecule has 0 spiro atoms. The molecule has 0 heterocycles. The predicted molar refractivity (Wildman–Crippen MR) is 68.1 cm³/mol. The Labute approximate surface area is 103 Å². The smallest absolute Gasteiger partial charge is 0.139 e. The summed E-state index contributed by atoms with van der Waals surface area (Å²) in [5, 5.41) is 3.10. The Morgan fingerprint density at radius 3 is 2.88 bits per heavy atom. The Kier molecular flexibility index (Phi) is 5.02. The van der Waals surface area contributed by atoms with E-state index in [-0.39, 0.29) is 11.9 Å². The van der Waals surface area contributed by atoms with Crippen LogP contribution in [-0.4, -0.2) is 19.3 Å². The van der Waals surface area contributed by atoms with Crippen LogP contribution < -0.4 is 11.1 Å². The molecule has 5 heteroatoms. The molecule has 1 aromatic rings. The number of ether oxygens (including phenoxy) is 1. The van der Waals surface area contributed by atoms with Gasteiger partial charge in [-0.2, -0.15) is 0 Å². The molecule has 0 aliphatic carbocycles. The summed E-state index contributed by atoms with van der Waals surface area (Å²) >= 11 is 3.08. The van der Waals surface area contributed by atoms with Crippen molar-refractivity contribution in [2.45, 2.75) is 19.9 Å². The maximum absolute atomic E-state index is 13.3. The van der Waals surface area contributed by atoms with Gasteiger partial charge in [0, 0.05) is 18.7 Å². The topological polar surface area (TPSA) is 47.3 Å². The molecule has 0 saturated carbocycles. The highest BCUT2D eigenvalue weighted by atomic mass is 79.9. The van der Waals surface area contributed by atoms with E-state index in [2.05, 4.69) is 21.2 Å². The van der Waals surface area contributed by atoms with Gasteiger partial charge in [-0.25, -0.2) is 4.39 Å². The third-order valence-corrected chi connectivity index (χ3v) is 2.67. The molecule has 1 unspecified atom stereocenters. The lowest BCUT2D eigenvalue weighted by Gasteiger charge is -2.17. The van der Waals surface area contributed by atoms with Gasteiger partial charge in [-0.3, -0.25) is 0 Å². The Bertz CT molecular complexity index is 360. The van der Waals surface area contributed by atoms with Crippen LogP contribution in [0.25, 0.3) is 0 Å². The number of rotatable bonds is 5. The van der Waals surface area contributed by atoms with Crippen LogP contribution in [0.15, 0.2) is 16.6 Å². The summed E-state index contributed by atoms with van der Waals surface area (Å²) in [5.41, 5.74) is 6.87. The number of benzene rings is 1. The first-order valence-electron chi connectivity index (χ1n) is 5.13. The summed E-state index contributed by atoms with van der Waals surface area (Å²) in [5.74, 6) is -0.333. The van der Waals surface area contributed by atoms with E-state index < -0.39 is 0 Å². The van der Waals surface area contributed by atoms with E-state index in [4.69, 9.17) is 10.5 Å². The molecule has 3 nitrogen and oxygen atoms in total. The third-order valence-electron chi connectivity index (χ3n) is 2.07. The third kappa shape index (κ3) is 3.64. The molecule has 3 N–H and O–H groups in total. The summed E-state index contributed by atoms with van der Waals surface area (Å²) in [6.45, 7) is 5.11. The van der Waals surface area contributed by atoms with E-state index in [9.17, 15) is 4.39 Å². The van der Waals surface area contributed by atoms with Crippen molar-refractivity contribution >= 4 is 27.3 Å². The molecular weight excluding hydrogens is 275 g/mol.